The summed E-state index contributed by atoms with van der Waals surface area (Å²) in [5.74, 6) is -1.54. The second-order valence-electron chi connectivity index (χ2n) is 5.04. The molecule has 2 aromatic rings. The van der Waals surface area contributed by atoms with Crippen molar-refractivity contribution in [3.8, 4) is 11.1 Å². The first-order valence-corrected chi connectivity index (χ1v) is 9.29. The van der Waals surface area contributed by atoms with Crippen LogP contribution in [0.3, 0.4) is 0 Å². The van der Waals surface area contributed by atoms with Crippen molar-refractivity contribution in [1.29, 1.82) is 0 Å². The van der Waals surface area contributed by atoms with Crippen LogP contribution < -0.4 is 10.5 Å². The lowest BCUT2D eigenvalue weighted by molar-refractivity contribution is -0.114. The van der Waals surface area contributed by atoms with Crippen molar-refractivity contribution in [2.24, 2.45) is 10.1 Å². The smallest absolute Gasteiger partial charge is 0.339 e. The number of carboxylic acid groups (broad SMARTS) is 1. The maximum Gasteiger partial charge on any atom is 0.339 e. The predicted molar refractivity (Wildman–Crippen MR) is 105 cm³/mol. The van der Waals surface area contributed by atoms with E-state index >= 15 is 0 Å². The van der Waals surface area contributed by atoms with Gasteiger partial charge in [-0.05, 0) is 24.6 Å². The van der Waals surface area contributed by atoms with E-state index in [9.17, 15) is 14.7 Å². The first kappa shape index (κ1) is 19.5. The van der Waals surface area contributed by atoms with Gasteiger partial charge in [-0.25, -0.2) is 4.79 Å². The molecule has 4 N–H and O–H groups in total. The predicted octanol–water partition coefficient (Wildman–Crippen LogP) is 3.77. The molecule has 6 nitrogen and oxygen atoms in total. The summed E-state index contributed by atoms with van der Waals surface area (Å²) in [6.07, 6.45) is 0. The summed E-state index contributed by atoms with van der Waals surface area (Å²) >= 11 is 7.87. The van der Waals surface area contributed by atoms with Crippen LogP contribution in [0.2, 0.25) is 5.02 Å². The first-order valence-electron chi connectivity index (χ1n) is 7.09. The lowest BCUT2D eigenvalue weighted by Crippen LogP contribution is -2.32. The van der Waals surface area contributed by atoms with E-state index in [0.29, 0.717) is 21.9 Å². The normalized spacial score (nSPS) is 12.7. The Labute approximate surface area is 158 Å². The van der Waals surface area contributed by atoms with Crippen LogP contribution in [0, 0.1) is 0 Å². The van der Waals surface area contributed by atoms with Gasteiger partial charge in [-0.2, -0.15) is 0 Å². The first-order chi connectivity index (χ1) is 11.9. The number of carbonyl (C=O) groups excluding carboxylic acids is 1. The van der Waals surface area contributed by atoms with E-state index in [4.69, 9.17) is 16.7 Å². The molecule has 1 amide bonds. The molecule has 1 aromatic heterocycles. The average Bonchev–Trinajstić information content (AvgIpc) is 2.99. The molecule has 132 valence electrons. The molecule has 0 aliphatic rings. The maximum absolute atomic E-state index is 12.4. The topological polar surface area (TPSA) is 105 Å². The van der Waals surface area contributed by atoms with Crippen molar-refractivity contribution in [1.82, 2.24) is 0 Å². The number of carbonyl (C=O) groups is 2. The molecule has 0 bridgehead atoms. The van der Waals surface area contributed by atoms with Crippen LogP contribution in [0.1, 0.15) is 17.3 Å². The van der Waals surface area contributed by atoms with Crippen LogP contribution >= 0.6 is 34.9 Å². The summed E-state index contributed by atoms with van der Waals surface area (Å²) in [7, 11) is 1.57. The summed E-state index contributed by atoms with van der Waals surface area (Å²) in [6.45, 7) is 1.69. The number of rotatable bonds is 6. The number of nitrogens with zero attached hydrogens (tertiary/aromatic N) is 1. The SMILES string of the molecule is CN=C(C)C(SN)C(=O)Nc1scc(-c2ccc(Cl)cc2)c1C(=O)O. The second kappa shape index (κ2) is 8.48. The third kappa shape index (κ3) is 4.40. The van der Waals surface area contributed by atoms with Gasteiger partial charge in [-0.3, -0.25) is 14.9 Å². The number of anilines is 1. The Morgan fingerprint density at radius 1 is 1.36 bits per heavy atom. The van der Waals surface area contributed by atoms with Gasteiger partial charge in [0.2, 0.25) is 5.91 Å². The van der Waals surface area contributed by atoms with Gasteiger partial charge in [0, 0.05) is 28.7 Å². The van der Waals surface area contributed by atoms with E-state index in [0.717, 1.165) is 23.3 Å². The maximum atomic E-state index is 12.4. The van der Waals surface area contributed by atoms with Gasteiger partial charge >= 0.3 is 5.97 Å². The highest BCUT2D eigenvalue weighted by molar-refractivity contribution is 7.99. The van der Waals surface area contributed by atoms with Crippen molar-refractivity contribution in [2.45, 2.75) is 12.2 Å². The minimum absolute atomic E-state index is 0.0348. The fraction of sp³-hybridized carbons (Fsp3) is 0.188. The monoisotopic (exact) mass is 397 g/mol. The molecule has 1 atom stereocenters. The molecule has 0 aliphatic heterocycles. The van der Waals surface area contributed by atoms with Gasteiger partial charge in [0.05, 0.1) is 0 Å². The zero-order chi connectivity index (χ0) is 18.6. The van der Waals surface area contributed by atoms with Crippen molar-refractivity contribution >= 4 is 57.5 Å². The number of amides is 1. The largest absolute Gasteiger partial charge is 0.478 e. The molecular formula is C16H16ClN3O3S2. The van der Waals surface area contributed by atoms with E-state index in [1.165, 1.54) is 0 Å². The van der Waals surface area contributed by atoms with Gasteiger partial charge in [0.25, 0.3) is 0 Å². The Balaban J connectivity index is 2.38. The van der Waals surface area contributed by atoms with Crippen LogP contribution in [-0.4, -0.2) is 35.0 Å². The number of carboxylic acids is 1. The molecule has 9 heteroatoms. The molecule has 0 radical (unpaired) electrons. The molecule has 2 rings (SSSR count). The van der Waals surface area contributed by atoms with E-state index in [1.807, 2.05) is 0 Å². The standard InChI is InChI=1S/C16H16ClN3O3S2/c1-8(19-2)13(25-18)14(21)20-15-12(16(22)23)11(7-24-15)9-3-5-10(17)6-4-9/h3-7,13H,18H2,1-2H3,(H,20,21)(H,22,23). The fourth-order valence-corrected chi connectivity index (χ4v) is 3.72. The highest BCUT2D eigenvalue weighted by atomic mass is 35.5. The van der Waals surface area contributed by atoms with E-state index in [1.54, 1.807) is 43.6 Å². The molecule has 1 unspecified atom stereocenters. The number of benzene rings is 1. The number of aromatic carboxylic acids is 1. The number of hydrogen-bond donors (Lipinski definition) is 3. The van der Waals surface area contributed by atoms with Gasteiger partial charge in [-0.15, -0.1) is 11.3 Å². The Kier molecular flexibility index (Phi) is 6.60. The lowest BCUT2D eigenvalue weighted by atomic mass is 10.0. The van der Waals surface area contributed by atoms with Gasteiger partial charge in [0.15, 0.2) is 0 Å². The zero-order valence-electron chi connectivity index (χ0n) is 13.4. The third-order valence-electron chi connectivity index (χ3n) is 3.50. The molecule has 1 heterocycles. The summed E-state index contributed by atoms with van der Waals surface area (Å²) in [5, 5.41) is 19.6. The second-order valence-corrected chi connectivity index (χ2v) is 7.10. The summed E-state index contributed by atoms with van der Waals surface area (Å²) < 4.78 is 0. The lowest BCUT2D eigenvalue weighted by Gasteiger charge is -2.13. The molecule has 1 aromatic carbocycles. The number of nitrogens with two attached hydrogens (primary N) is 1. The number of aliphatic imine (C=N–C) groups is 1. The number of hydrogen-bond acceptors (Lipinski definition) is 6. The molecule has 0 fully saturated rings. The van der Waals surface area contributed by atoms with E-state index < -0.39 is 17.1 Å². The molecule has 25 heavy (non-hydrogen) atoms. The molecular weight excluding hydrogens is 382 g/mol. The van der Waals surface area contributed by atoms with Crippen LogP contribution in [-0.2, 0) is 4.79 Å². The number of thiophene rings is 1. The minimum Gasteiger partial charge on any atom is -0.478 e. The molecule has 0 aliphatic carbocycles. The molecule has 0 saturated heterocycles. The fourth-order valence-electron chi connectivity index (χ4n) is 2.15. The van der Waals surface area contributed by atoms with E-state index in [-0.39, 0.29) is 10.6 Å². The van der Waals surface area contributed by atoms with Crippen molar-refractivity contribution in [2.75, 3.05) is 12.4 Å². The number of nitrogens with one attached hydrogen (secondary N) is 1. The van der Waals surface area contributed by atoms with Gasteiger partial charge in [0.1, 0.15) is 15.8 Å². The quantitative estimate of drug-likeness (QED) is 0.508. The van der Waals surface area contributed by atoms with Crippen LogP contribution in [0.4, 0.5) is 5.00 Å². The highest BCUT2D eigenvalue weighted by Gasteiger charge is 2.25. The van der Waals surface area contributed by atoms with Crippen LogP contribution in [0.5, 0.6) is 0 Å². The Morgan fingerprint density at radius 2 is 2.00 bits per heavy atom. The average molecular weight is 398 g/mol. The summed E-state index contributed by atoms with van der Waals surface area (Å²) in [4.78, 5) is 28.1. The Morgan fingerprint density at radius 3 is 2.52 bits per heavy atom. The minimum atomic E-state index is -1.13. The Bertz CT molecular complexity index is 819. The van der Waals surface area contributed by atoms with Crippen LogP contribution in [0.15, 0.2) is 34.6 Å². The van der Waals surface area contributed by atoms with Gasteiger partial charge < -0.3 is 10.4 Å². The van der Waals surface area contributed by atoms with Crippen molar-refractivity contribution in [3.63, 3.8) is 0 Å². The summed E-state index contributed by atoms with van der Waals surface area (Å²) in [5.41, 5.74) is 1.81. The molecule has 0 spiro atoms. The van der Waals surface area contributed by atoms with Crippen molar-refractivity contribution in [3.05, 3.63) is 40.2 Å². The van der Waals surface area contributed by atoms with E-state index in [2.05, 4.69) is 10.3 Å². The van der Waals surface area contributed by atoms with Gasteiger partial charge in [-0.1, -0.05) is 35.7 Å². The van der Waals surface area contributed by atoms with Crippen molar-refractivity contribution < 1.29 is 14.7 Å². The van der Waals surface area contributed by atoms with Crippen LogP contribution in [0.25, 0.3) is 11.1 Å². The Hall–Kier alpha value is -1.87. The number of halogens is 1. The third-order valence-corrected chi connectivity index (χ3v) is 5.48. The summed E-state index contributed by atoms with van der Waals surface area (Å²) in [6, 6.07) is 6.82. The highest BCUT2D eigenvalue weighted by Crippen LogP contribution is 2.36. The zero-order valence-corrected chi connectivity index (χ0v) is 15.8. The molecule has 0 saturated carbocycles.